The van der Waals surface area contributed by atoms with Crippen molar-refractivity contribution in [3.8, 4) is 0 Å². The zero-order valence-electron chi connectivity index (χ0n) is 11.9. The van der Waals surface area contributed by atoms with E-state index in [9.17, 15) is 8.78 Å². The van der Waals surface area contributed by atoms with E-state index in [1.807, 2.05) is 6.92 Å². The highest BCUT2D eigenvalue weighted by atomic mass is 35.5. The van der Waals surface area contributed by atoms with Crippen LogP contribution in [0.25, 0.3) is 0 Å². The van der Waals surface area contributed by atoms with Gasteiger partial charge in [-0.2, -0.15) is 0 Å². The number of rotatable bonds is 6. The quantitative estimate of drug-likeness (QED) is 0.800. The summed E-state index contributed by atoms with van der Waals surface area (Å²) in [7, 11) is 0. The third-order valence-corrected chi connectivity index (χ3v) is 3.59. The molecular formula is C17H18ClF2N. The van der Waals surface area contributed by atoms with E-state index in [1.165, 1.54) is 18.2 Å². The van der Waals surface area contributed by atoms with Gasteiger partial charge in [-0.3, -0.25) is 0 Å². The lowest BCUT2D eigenvalue weighted by Gasteiger charge is -2.20. The molecule has 0 saturated carbocycles. The molecular weight excluding hydrogens is 292 g/mol. The molecule has 0 fully saturated rings. The molecule has 0 heterocycles. The Balaban J connectivity index is 2.28. The van der Waals surface area contributed by atoms with E-state index >= 15 is 0 Å². The first-order valence-electron chi connectivity index (χ1n) is 7.03. The van der Waals surface area contributed by atoms with Crippen molar-refractivity contribution >= 4 is 11.6 Å². The van der Waals surface area contributed by atoms with Crippen LogP contribution in [0.2, 0.25) is 5.02 Å². The summed E-state index contributed by atoms with van der Waals surface area (Å²) in [5.41, 5.74) is 1.03. The Bertz CT molecular complexity index is 601. The lowest BCUT2D eigenvalue weighted by atomic mass is 9.98. The van der Waals surface area contributed by atoms with E-state index in [2.05, 4.69) is 5.32 Å². The van der Waals surface area contributed by atoms with Crippen LogP contribution in [0, 0.1) is 11.6 Å². The third-order valence-electron chi connectivity index (χ3n) is 3.35. The Hall–Kier alpha value is -1.45. The molecule has 112 valence electrons. The Kier molecular flexibility index (Phi) is 5.71. The Labute approximate surface area is 128 Å². The van der Waals surface area contributed by atoms with Crippen molar-refractivity contribution in [1.29, 1.82) is 0 Å². The normalized spacial score (nSPS) is 12.4. The molecule has 0 aliphatic rings. The highest BCUT2D eigenvalue weighted by Crippen LogP contribution is 2.24. The highest BCUT2D eigenvalue weighted by molar-refractivity contribution is 6.30. The predicted molar refractivity (Wildman–Crippen MR) is 82.5 cm³/mol. The van der Waals surface area contributed by atoms with Gasteiger partial charge in [-0.1, -0.05) is 36.7 Å². The maximum atomic E-state index is 14.0. The van der Waals surface area contributed by atoms with Gasteiger partial charge in [0.05, 0.1) is 0 Å². The number of hydrogen-bond acceptors (Lipinski definition) is 1. The third kappa shape index (κ3) is 4.26. The van der Waals surface area contributed by atoms with E-state index in [0.29, 0.717) is 22.6 Å². The predicted octanol–water partition coefficient (Wildman–Crippen LogP) is 4.90. The fourth-order valence-corrected chi connectivity index (χ4v) is 2.48. The van der Waals surface area contributed by atoms with Gasteiger partial charge in [0, 0.05) is 16.6 Å². The zero-order chi connectivity index (χ0) is 15.2. The Morgan fingerprint density at radius 1 is 1.10 bits per heavy atom. The molecule has 0 bridgehead atoms. The molecule has 1 atom stereocenters. The number of benzene rings is 2. The molecule has 4 heteroatoms. The van der Waals surface area contributed by atoms with Gasteiger partial charge in [0.2, 0.25) is 0 Å². The molecule has 2 aromatic carbocycles. The van der Waals surface area contributed by atoms with Crippen LogP contribution in [0.1, 0.15) is 30.5 Å². The molecule has 0 aromatic heterocycles. The summed E-state index contributed by atoms with van der Waals surface area (Å²) in [6.45, 7) is 2.77. The smallest absolute Gasteiger partial charge is 0.127 e. The monoisotopic (exact) mass is 309 g/mol. The van der Waals surface area contributed by atoms with E-state index in [0.717, 1.165) is 13.0 Å². The first-order valence-corrected chi connectivity index (χ1v) is 7.41. The average Bonchev–Trinajstić information content (AvgIpc) is 2.48. The molecule has 1 unspecified atom stereocenters. The maximum absolute atomic E-state index is 14.0. The molecule has 2 rings (SSSR count). The van der Waals surface area contributed by atoms with Crippen LogP contribution < -0.4 is 5.32 Å². The molecule has 21 heavy (non-hydrogen) atoms. The number of nitrogens with one attached hydrogen (secondary N) is 1. The SMILES string of the molecule is CCCNC(Cc1cc(Cl)ccc1F)c1ccccc1F. The van der Waals surface area contributed by atoms with Gasteiger partial charge in [0.1, 0.15) is 11.6 Å². The standard InChI is InChI=1S/C17H18ClF2N/c1-2-9-21-17(14-5-3-4-6-16(14)20)11-12-10-13(18)7-8-15(12)19/h3-8,10,17,21H,2,9,11H2,1H3. The summed E-state index contributed by atoms with van der Waals surface area (Å²) in [5.74, 6) is -0.604. The van der Waals surface area contributed by atoms with Gasteiger partial charge in [-0.05, 0) is 49.2 Å². The highest BCUT2D eigenvalue weighted by Gasteiger charge is 2.17. The molecule has 0 saturated heterocycles. The molecule has 0 spiro atoms. The first kappa shape index (κ1) is 15.9. The average molecular weight is 310 g/mol. The summed E-state index contributed by atoms with van der Waals surface area (Å²) in [6.07, 6.45) is 1.27. The number of halogens is 3. The maximum Gasteiger partial charge on any atom is 0.127 e. The molecule has 0 aliphatic heterocycles. The van der Waals surface area contributed by atoms with Crippen molar-refractivity contribution in [2.75, 3.05) is 6.54 Å². The molecule has 1 nitrogen and oxygen atoms in total. The minimum absolute atomic E-state index is 0.279. The summed E-state index contributed by atoms with van der Waals surface area (Å²) >= 11 is 5.92. The van der Waals surface area contributed by atoms with Gasteiger partial charge in [0.25, 0.3) is 0 Å². The topological polar surface area (TPSA) is 12.0 Å². The minimum Gasteiger partial charge on any atom is -0.310 e. The van der Waals surface area contributed by atoms with Crippen LogP contribution in [0.4, 0.5) is 8.78 Å². The van der Waals surface area contributed by atoms with Crippen molar-refractivity contribution in [2.45, 2.75) is 25.8 Å². The largest absolute Gasteiger partial charge is 0.310 e. The van der Waals surface area contributed by atoms with E-state index in [1.54, 1.807) is 24.3 Å². The lowest BCUT2D eigenvalue weighted by molar-refractivity contribution is 0.487. The molecule has 0 aliphatic carbocycles. The van der Waals surface area contributed by atoms with E-state index < -0.39 is 0 Å². The molecule has 2 aromatic rings. The van der Waals surface area contributed by atoms with Crippen LogP contribution in [0.15, 0.2) is 42.5 Å². The first-order chi connectivity index (χ1) is 10.1. The Morgan fingerprint density at radius 3 is 2.57 bits per heavy atom. The second-order valence-electron chi connectivity index (χ2n) is 4.97. The second kappa shape index (κ2) is 7.53. The Morgan fingerprint density at radius 2 is 1.86 bits per heavy atom. The van der Waals surface area contributed by atoms with Crippen LogP contribution in [0.3, 0.4) is 0 Å². The molecule has 0 amide bonds. The summed E-state index contributed by atoms with van der Waals surface area (Å²) in [5, 5.41) is 3.75. The van der Waals surface area contributed by atoms with Gasteiger partial charge in [-0.15, -0.1) is 0 Å². The zero-order valence-corrected chi connectivity index (χ0v) is 12.6. The van der Waals surface area contributed by atoms with Crippen LogP contribution in [-0.4, -0.2) is 6.54 Å². The number of hydrogen-bond donors (Lipinski definition) is 1. The van der Waals surface area contributed by atoms with Crippen molar-refractivity contribution < 1.29 is 8.78 Å². The van der Waals surface area contributed by atoms with E-state index in [4.69, 9.17) is 11.6 Å². The van der Waals surface area contributed by atoms with Gasteiger partial charge < -0.3 is 5.32 Å². The fraction of sp³-hybridized carbons (Fsp3) is 0.294. The van der Waals surface area contributed by atoms with Crippen LogP contribution >= 0.6 is 11.6 Å². The summed E-state index contributed by atoms with van der Waals surface area (Å²) in [6, 6.07) is 10.8. The summed E-state index contributed by atoms with van der Waals surface area (Å²) in [4.78, 5) is 0. The van der Waals surface area contributed by atoms with Crippen LogP contribution in [0.5, 0.6) is 0 Å². The minimum atomic E-state index is -0.320. The molecule has 1 N–H and O–H groups in total. The fourth-order valence-electron chi connectivity index (χ4n) is 2.29. The van der Waals surface area contributed by atoms with Crippen molar-refractivity contribution in [2.24, 2.45) is 0 Å². The second-order valence-corrected chi connectivity index (χ2v) is 5.40. The van der Waals surface area contributed by atoms with Crippen molar-refractivity contribution in [3.63, 3.8) is 0 Å². The van der Waals surface area contributed by atoms with Crippen molar-refractivity contribution in [3.05, 3.63) is 70.2 Å². The summed E-state index contributed by atoms with van der Waals surface area (Å²) < 4.78 is 27.9. The van der Waals surface area contributed by atoms with Gasteiger partial charge in [-0.25, -0.2) is 8.78 Å². The lowest BCUT2D eigenvalue weighted by Crippen LogP contribution is -2.25. The van der Waals surface area contributed by atoms with E-state index in [-0.39, 0.29) is 17.7 Å². The van der Waals surface area contributed by atoms with Crippen LogP contribution in [-0.2, 0) is 6.42 Å². The van der Waals surface area contributed by atoms with Gasteiger partial charge >= 0.3 is 0 Å². The van der Waals surface area contributed by atoms with Crippen molar-refractivity contribution in [1.82, 2.24) is 5.32 Å². The molecule has 0 radical (unpaired) electrons. The van der Waals surface area contributed by atoms with Gasteiger partial charge in [0.15, 0.2) is 0 Å².